The minimum atomic E-state index is -0.539. The summed E-state index contributed by atoms with van der Waals surface area (Å²) in [4.78, 5) is 26.3. The number of hydrogen-bond acceptors (Lipinski definition) is 5. The van der Waals surface area contributed by atoms with Gasteiger partial charge >= 0.3 is 6.09 Å². The van der Waals surface area contributed by atoms with E-state index in [1.165, 1.54) is 24.3 Å². The highest BCUT2D eigenvalue weighted by atomic mass is 19.1. The number of cyclic esters (lactones) is 1. The number of rotatable bonds is 5. The van der Waals surface area contributed by atoms with Crippen molar-refractivity contribution in [3.05, 3.63) is 24.0 Å². The van der Waals surface area contributed by atoms with E-state index in [-0.39, 0.29) is 30.9 Å². The molecule has 0 aliphatic carbocycles. The minimum absolute atomic E-state index is 0.113. The molecule has 2 fully saturated rings. The van der Waals surface area contributed by atoms with Gasteiger partial charge in [-0.1, -0.05) is 20.3 Å². The van der Waals surface area contributed by atoms with Gasteiger partial charge in [0.2, 0.25) is 5.91 Å². The van der Waals surface area contributed by atoms with E-state index in [4.69, 9.17) is 9.47 Å². The summed E-state index contributed by atoms with van der Waals surface area (Å²) in [5.41, 5.74) is 0.949. The summed E-state index contributed by atoms with van der Waals surface area (Å²) in [5, 5.41) is 2.61. The molecule has 0 bridgehead atoms. The third-order valence-corrected chi connectivity index (χ3v) is 4.51. The average molecular weight is 395 g/mol. The first-order valence-corrected chi connectivity index (χ1v) is 9.69. The molecule has 0 saturated carbocycles. The summed E-state index contributed by atoms with van der Waals surface area (Å²) in [7, 11) is 1.66. The first-order chi connectivity index (χ1) is 13.4. The van der Waals surface area contributed by atoms with Gasteiger partial charge in [-0.05, 0) is 24.6 Å². The fourth-order valence-electron chi connectivity index (χ4n) is 3.16. The molecule has 2 amide bonds. The van der Waals surface area contributed by atoms with E-state index < -0.39 is 12.2 Å². The number of methoxy groups -OCH3 is 1. The summed E-state index contributed by atoms with van der Waals surface area (Å²) < 4.78 is 25.1. The van der Waals surface area contributed by atoms with Gasteiger partial charge in [-0.25, -0.2) is 9.18 Å². The number of anilines is 2. The predicted octanol–water partition coefficient (Wildman–Crippen LogP) is 2.93. The van der Waals surface area contributed by atoms with Crippen molar-refractivity contribution in [1.29, 1.82) is 0 Å². The smallest absolute Gasteiger partial charge is 0.414 e. The molecular weight excluding hydrogens is 365 g/mol. The molecule has 2 atom stereocenters. The van der Waals surface area contributed by atoms with E-state index in [9.17, 15) is 14.0 Å². The third-order valence-electron chi connectivity index (χ3n) is 4.51. The van der Waals surface area contributed by atoms with Crippen LogP contribution in [0.1, 0.15) is 33.6 Å². The van der Waals surface area contributed by atoms with Crippen LogP contribution >= 0.6 is 0 Å². The van der Waals surface area contributed by atoms with Crippen molar-refractivity contribution in [3.63, 3.8) is 0 Å². The van der Waals surface area contributed by atoms with Gasteiger partial charge < -0.3 is 19.7 Å². The maximum absolute atomic E-state index is 14.5. The van der Waals surface area contributed by atoms with Crippen LogP contribution in [0.25, 0.3) is 0 Å². The van der Waals surface area contributed by atoms with Crippen LogP contribution in [0.4, 0.5) is 20.6 Å². The predicted molar refractivity (Wildman–Crippen MR) is 106 cm³/mol. The van der Waals surface area contributed by atoms with Gasteiger partial charge in [0.05, 0.1) is 30.6 Å². The van der Waals surface area contributed by atoms with Gasteiger partial charge in [0, 0.05) is 27.1 Å². The molecule has 2 aliphatic rings. The normalized spacial score (nSPS) is 21.2. The molecular formula is C20H30FN3O4. The fraction of sp³-hybridized carbons (Fsp3) is 0.600. The molecule has 28 heavy (non-hydrogen) atoms. The van der Waals surface area contributed by atoms with Gasteiger partial charge in [-0.3, -0.25) is 9.69 Å². The summed E-state index contributed by atoms with van der Waals surface area (Å²) in [5.74, 6) is -0.572. The summed E-state index contributed by atoms with van der Waals surface area (Å²) in [6.07, 6.45) is 1.24. The Labute approximate surface area is 165 Å². The second kappa shape index (κ2) is 10.3. The lowest BCUT2D eigenvalue weighted by atomic mass is 10.2. The Hall–Kier alpha value is -2.35. The van der Waals surface area contributed by atoms with E-state index in [2.05, 4.69) is 19.2 Å². The highest BCUT2D eigenvalue weighted by Crippen LogP contribution is 2.30. The molecule has 2 saturated heterocycles. The summed E-state index contributed by atoms with van der Waals surface area (Å²) >= 11 is 0. The van der Waals surface area contributed by atoms with Crippen molar-refractivity contribution in [1.82, 2.24) is 5.32 Å². The second-order valence-electron chi connectivity index (χ2n) is 6.99. The maximum atomic E-state index is 14.5. The minimum Gasteiger partial charge on any atom is -0.442 e. The zero-order valence-corrected chi connectivity index (χ0v) is 17.0. The molecule has 2 unspecified atom stereocenters. The number of carbonyl (C=O) groups is 2. The Morgan fingerprint density at radius 2 is 2.07 bits per heavy atom. The van der Waals surface area contributed by atoms with Gasteiger partial charge in [0.25, 0.3) is 0 Å². The first-order valence-electron chi connectivity index (χ1n) is 9.69. The Balaban J connectivity index is 0.000000878. The number of amides is 2. The van der Waals surface area contributed by atoms with Crippen LogP contribution < -0.4 is 15.1 Å². The molecule has 2 aliphatic heterocycles. The SMILES string of the molecule is CCC.COC1CCN(c2ccc(N3CC(CNC(C)=O)OC3=O)cc2F)C1. The Bertz CT molecular complexity index is 685. The van der Waals surface area contributed by atoms with E-state index in [0.717, 1.165) is 13.0 Å². The Morgan fingerprint density at radius 3 is 2.64 bits per heavy atom. The van der Waals surface area contributed by atoms with E-state index in [0.29, 0.717) is 17.9 Å². The van der Waals surface area contributed by atoms with Crippen molar-refractivity contribution in [2.24, 2.45) is 0 Å². The molecule has 1 N–H and O–H groups in total. The Kier molecular flexibility index (Phi) is 8.04. The van der Waals surface area contributed by atoms with E-state index in [1.807, 2.05) is 4.90 Å². The van der Waals surface area contributed by atoms with Crippen molar-refractivity contribution in [2.45, 2.75) is 45.8 Å². The first kappa shape index (κ1) is 21.9. The fourth-order valence-corrected chi connectivity index (χ4v) is 3.16. The molecule has 1 aromatic carbocycles. The van der Waals surface area contributed by atoms with E-state index in [1.54, 1.807) is 19.2 Å². The highest BCUT2D eigenvalue weighted by Gasteiger charge is 2.33. The number of carbonyl (C=O) groups excluding carboxylic acids is 2. The van der Waals surface area contributed by atoms with Crippen molar-refractivity contribution in [2.75, 3.05) is 43.1 Å². The Morgan fingerprint density at radius 1 is 1.36 bits per heavy atom. The maximum Gasteiger partial charge on any atom is 0.414 e. The van der Waals surface area contributed by atoms with Gasteiger partial charge in [0.1, 0.15) is 11.9 Å². The molecule has 3 rings (SSSR count). The number of benzene rings is 1. The second-order valence-corrected chi connectivity index (χ2v) is 6.99. The standard InChI is InChI=1S/C17H22FN3O4.C3H8/c1-11(22)19-8-14-10-21(17(23)25-14)12-3-4-16(15(18)7-12)20-6-5-13(9-20)24-2;1-3-2/h3-4,7,13-14H,5-6,8-10H2,1-2H3,(H,19,22);3H2,1-2H3. The number of nitrogens with zero attached hydrogens (tertiary/aromatic N) is 2. The van der Waals surface area contributed by atoms with E-state index >= 15 is 0 Å². The van der Waals surface area contributed by atoms with Gasteiger partial charge in [-0.15, -0.1) is 0 Å². The van der Waals surface area contributed by atoms with Crippen LogP contribution in [-0.4, -0.2) is 57.5 Å². The average Bonchev–Trinajstić information content (AvgIpc) is 3.27. The lowest BCUT2D eigenvalue weighted by Crippen LogP contribution is -2.33. The van der Waals surface area contributed by atoms with Crippen LogP contribution in [0, 0.1) is 5.82 Å². The lowest BCUT2D eigenvalue weighted by Gasteiger charge is -2.21. The number of hydrogen-bond donors (Lipinski definition) is 1. The molecule has 0 aromatic heterocycles. The number of ether oxygens (including phenoxy) is 2. The lowest BCUT2D eigenvalue weighted by molar-refractivity contribution is -0.119. The van der Waals surface area contributed by atoms with Crippen LogP contribution in [0.3, 0.4) is 0 Å². The third kappa shape index (κ3) is 5.58. The molecule has 156 valence electrons. The molecule has 0 spiro atoms. The molecule has 2 heterocycles. The van der Waals surface area contributed by atoms with Crippen molar-refractivity contribution in [3.8, 4) is 0 Å². The molecule has 8 heteroatoms. The van der Waals surface area contributed by atoms with Gasteiger partial charge in [0.15, 0.2) is 0 Å². The van der Waals surface area contributed by atoms with Crippen molar-refractivity contribution >= 4 is 23.4 Å². The zero-order chi connectivity index (χ0) is 20.7. The van der Waals surface area contributed by atoms with Crippen LogP contribution in [0.2, 0.25) is 0 Å². The zero-order valence-electron chi connectivity index (χ0n) is 17.0. The molecule has 7 nitrogen and oxygen atoms in total. The topological polar surface area (TPSA) is 71.1 Å². The highest BCUT2D eigenvalue weighted by molar-refractivity contribution is 5.90. The van der Waals surface area contributed by atoms with Crippen LogP contribution in [-0.2, 0) is 14.3 Å². The van der Waals surface area contributed by atoms with Gasteiger partial charge in [-0.2, -0.15) is 0 Å². The van der Waals surface area contributed by atoms with Crippen LogP contribution in [0.5, 0.6) is 0 Å². The largest absolute Gasteiger partial charge is 0.442 e. The quantitative estimate of drug-likeness (QED) is 0.830. The molecule has 0 radical (unpaired) electrons. The van der Waals surface area contributed by atoms with Crippen LogP contribution in [0.15, 0.2) is 18.2 Å². The summed E-state index contributed by atoms with van der Waals surface area (Å²) in [6, 6.07) is 4.73. The number of nitrogens with one attached hydrogen (secondary N) is 1. The molecule has 1 aromatic rings. The monoisotopic (exact) mass is 395 g/mol. The summed E-state index contributed by atoms with van der Waals surface area (Å²) in [6.45, 7) is 7.55. The number of halogens is 1. The van der Waals surface area contributed by atoms with Crippen molar-refractivity contribution < 1.29 is 23.5 Å².